The molecule has 3 heterocycles. The quantitative estimate of drug-likeness (QED) is 0.779. The zero-order valence-corrected chi connectivity index (χ0v) is 13.8. The molecule has 2 fully saturated rings. The van der Waals surface area contributed by atoms with Crippen LogP contribution in [0.3, 0.4) is 0 Å². The minimum atomic E-state index is -0.609. The summed E-state index contributed by atoms with van der Waals surface area (Å²) in [5, 5.41) is 2.66. The second kappa shape index (κ2) is 6.53. The van der Waals surface area contributed by atoms with E-state index in [0.29, 0.717) is 50.6 Å². The van der Waals surface area contributed by atoms with E-state index in [2.05, 4.69) is 5.32 Å². The fourth-order valence-electron chi connectivity index (χ4n) is 3.29. The van der Waals surface area contributed by atoms with Crippen molar-refractivity contribution < 1.29 is 28.5 Å². The lowest BCUT2D eigenvalue weighted by atomic mass is 10.0. The van der Waals surface area contributed by atoms with Gasteiger partial charge < -0.3 is 29.2 Å². The second-order valence-corrected chi connectivity index (χ2v) is 6.27. The van der Waals surface area contributed by atoms with Crippen LogP contribution in [-0.4, -0.2) is 55.6 Å². The molecule has 0 unspecified atom stereocenters. The predicted molar refractivity (Wildman–Crippen MR) is 84.9 cm³/mol. The number of ether oxygens (including phenoxy) is 4. The molecule has 25 heavy (non-hydrogen) atoms. The third-order valence-corrected chi connectivity index (χ3v) is 4.71. The number of piperidine rings is 1. The van der Waals surface area contributed by atoms with Crippen LogP contribution < -0.4 is 14.8 Å². The average molecular weight is 348 g/mol. The SMILES string of the molecule is O=C(NCc1ccc2c(c1)OCO2)C(=O)N1CCC2(CC1)OCCO2. The summed E-state index contributed by atoms with van der Waals surface area (Å²) in [6, 6.07) is 5.42. The Hall–Kier alpha value is -2.32. The van der Waals surface area contributed by atoms with Crippen LogP contribution in [0.25, 0.3) is 0 Å². The maximum absolute atomic E-state index is 12.3. The molecular weight excluding hydrogens is 328 g/mol. The molecule has 4 rings (SSSR count). The lowest BCUT2D eigenvalue weighted by Gasteiger charge is -2.37. The highest BCUT2D eigenvalue weighted by molar-refractivity contribution is 6.34. The molecule has 3 aliphatic heterocycles. The maximum Gasteiger partial charge on any atom is 0.311 e. The summed E-state index contributed by atoms with van der Waals surface area (Å²) < 4.78 is 21.8. The van der Waals surface area contributed by atoms with E-state index in [1.807, 2.05) is 6.07 Å². The number of nitrogens with one attached hydrogen (secondary N) is 1. The van der Waals surface area contributed by atoms with E-state index < -0.39 is 17.6 Å². The summed E-state index contributed by atoms with van der Waals surface area (Å²) in [5.74, 6) is -0.351. The number of hydrogen-bond acceptors (Lipinski definition) is 6. The van der Waals surface area contributed by atoms with Crippen LogP contribution in [-0.2, 0) is 25.6 Å². The van der Waals surface area contributed by atoms with E-state index in [-0.39, 0.29) is 13.3 Å². The summed E-state index contributed by atoms with van der Waals surface area (Å²) in [6.45, 7) is 2.54. The van der Waals surface area contributed by atoms with Gasteiger partial charge in [-0.05, 0) is 17.7 Å². The molecule has 8 nitrogen and oxygen atoms in total. The van der Waals surface area contributed by atoms with Crippen molar-refractivity contribution in [3.8, 4) is 11.5 Å². The molecule has 0 saturated carbocycles. The van der Waals surface area contributed by atoms with Crippen molar-refractivity contribution >= 4 is 11.8 Å². The number of benzene rings is 1. The second-order valence-electron chi connectivity index (χ2n) is 6.27. The molecule has 0 radical (unpaired) electrons. The van der Waals surface area contributed by atoms with E-state index in [9.17, 15) is 9.59 Å². The molecule has 0 aliphatic carbocycles. The molecule has 0 bridgehead atoms. The Kier molecular flexibility index (Phi) is 4.22. The molecule has 1 aromatic rings. The van der Waals surface area contributed by atoms with Crippen LogP contribution in [0.15, 0.2) is 18.2 Å². The van der Waals surface area contributed by atoms with Gasteiger partial charge in [0.25, 0.3) is 0 Å². The number of rotatable bonds is 2. The summed E-state index contributed by atoms with van der Waals surface area (Å²) in [5.41, 5.74) is 0.843. The molecule has 0 aromatic heterocycles. The molecule has 2 amide bonds. The van der Waals surface area contributed by atoms with Gasteiger partial charge in [0.2, 0.25) is 6.79 Å². The normalized spacial score (nSPS) is 20.7. The number of carbonyl (C=O) groups is 2. The highest BCUT2D eigenvalue weighted by atomic mass is 16.7. The van der Waals surface area contributed by atoms with Gasteiger partial charge in [-0.1, -0.05) is 6.07 Å². The first-order valence-corrected chi connectivity index (χ1v) is 8.39. The van der Waals surface area contributed by atoms with Crippen molar-refractivity contribution in [3.63, 3.8) is 0 Å². The first-order chi connectivity index (χ1) is 12.2. The van der Waals surface area contributed by atoms with Gasteiger partial charge in [-0.15, -0.1) is 0 Å². The van der Waals surface area contributed by atoms with Crippen molar-refractivity contribution in [1.29, 1.82) is 0 Å². The van der Waals surface area contributed by atoms with Gasteiger partial charge >= 0.3 is 11.8 Å². The number of fused-ring (bicyclic) bond motifs is 1. The summed E-state index contributed by atoms with van der Waals surface area (Å²) in [6.07, 6.45) is 1.18. The Morgan fingerprint density at radius 2 is 1.80 bits per heavy atom. The van der Waals surface area contributed by atoms with Gasteiger partial charge in [0.1, 0.15) is 0 Å². The summed E-state index contributed by atoms with van der Waals surface area (Å²) in [4.78, 5) is 26.0. The lowest BCUT2D eigenvalue weighted by Crippen LogP contribution is -2.51. The predicted octanol–water partition coefficient (Wildman–Crippen LogP) is 0.397. The Balaban J connectivity index is 1.28. The standard InChI is InChI=1S/C17H20N2O6/c20-15(18-10-12-1-2-13-14(9-12)23-11-22-13)16(21)19-5-3-17(4-6-19)24-7-8-25-17/h1-2,9H,3-8,10-11H2,(H,18,20). The van der Waals surface area contributed by atoms with E-state index in [0.717, 1.165) is 5.56 Å². The van der Waals surface area contributed by atoms with Crippen LogP contribution in [0.1, 0.15) is 18.4 Å². The minimum Gasteiger partial charge on any atom is -0.454 e. The molecule has 0 atom stereocenters. The van der Waals surface area contributed by atoms with Gasteiger partial charge in [0, 0.05) is 32.5 Å². The highest BCUT2D eigenvalue weighted by Gasteiger charge is 2.41. The number of hydrogen-bond donors (Lipinski definition) is 1. The first-order valence-electron chi connectivity index (χ1n) is 8.39. The molecule has 134 valence electrons. The highest BCUT2D eigenvalue weighted by Crippen LogP contribution is 2.33. The van der Waals surface area contributed by atoms with Gasteiger partial charge in [0.05, 0.1) is 13.2 Å². The van der Waals surface area contributed by atoms with Gasteiger partial charge in [-0.25, -0.2) is 0 Å². The average Bonchev–Trinajstić information content (AvgIpc) is 3.29. The fourth-order valence-corrected chi connectivity index (χ4v) is 3.29. The van der Waals surface area contributed by atoms with Crippen LogP contribution in [0, 0.1) is 0 Å². The van der Waals surface area contributed by atoms with E-state index in [4.69, 9.17) is 18.9 Å². The zero-order valence-electron chi connectivity index (χ0n) is 13.8. The van der Waals surface area contributed by atoms with Gasteiger partial charge in [0.15, 0.2) is 17.3 Å². The monoisotopic (exact) mass is 348 g/mol. The van der Waals surface area contributed by atoms with Gasteiger partial charge in [-0.2, -0.15) is 0 Å². The van der Waals surface area contributed by atoms with Crippen molar-refractivity contribution in [2.45, 2.75) is 25.2 Å². The van der Waals surface area contributed by atoms with Crippen LogP contribution in [0.4, 0.5) is 0 Å². The summed E-state index contributed by atoms with van der Waals surface area (Å²) >= 11 is 0. The fraction of sp³-hybridized carbons (Fsp3) is 0.529. The largest absolute Gasteiger partial charge is 0.454 e. The topological polar surface area (TPSA) is 86.3 Å². The van der Waals surface area contributed by atoms with Crippen LogP contribution >= 0.6 is 0 Å². The number of nitrogens with zero attached hydrogens (tertiary/aromatic N) is 1. The molecule has 1 aromatic carbocycles. The smallest absolute Gasteiger partial charge is 0.311 e. The molecule has 8 heteroatoms. The molecule has 2 saturated heterocycles. The Labute approximate surface area is 145 Å². The molecule has 1 spiro atoms. The Bertz CT molecular complexity index is 676. The van der Waals surface area contributed by atoms with Crippen molar-refractivity contribution in [3.05, 3.63) is 23.8 Å². The summed E-state index contributed by atoms with van der Waals surface area (Å²) in [7, 11) is 0. The number of carbonyl (C=O) groups excluding carboxylic acids is 2. The van der Waals surface area contributed by atoms with Gasteiger partial charge in [-0.3, -0.25) is 9.59 Å². The van der Waals surface area contributed by atoms with E-state index in [1.165, 1.54) is 0 Å². The third kappa shape index (κ3) is 3.27. The number of amides is 2. The van der Waals surface area contributed by atoms with Crippen molar-refractivity contribution in [2.24, 2.45) is 0 Å². The van der Waals surface area contributed by atoms with E-state index in [1.54, 1.807) is 17.0 Å². The Morgan fingerprint density at radius 3 is 2.56 bits per heavy atom. The molecule has 3 aliphatic rings. The number of likely N-dealkylation sites (tertiary alicyclic amines) is 1. The third-order valence-electron chi connectivity index (χ3n) is 4.71. The van der Waals surface area contributed by atoms with Crippen LogP contribution in [0.5, 0.6) is 11.5 Å². The minimum absolute atomic E-state index is 0.202. The lowest BCUT2D eigenvalue weighted by molar-refractivity contribution is -0.188. The van der Waals surface area contributed by atoms with Crippen molar-refractivity contribution in [2.75, 3.05) is 33.1 Å². The molecule has 1 N–H and O–H groups in total. The Morgan fingerprint density at radius 1 is 1.08 bits per heavy atom. The molecular formula is C17H20N2O6. The van der Waals surface area contributed by atoms with Crippen molar-refractivity contribution in [1.82, 2.24) is 10.2 Å². The first kappa shape index (κ1) is 16.2. The maximum atomic E-state index is 12.3. The zero-order chi connectivity index (χ0) is 17.3. The van der Waals surface area contributed by atoms with E-state index >= 15 is 0 Å². The van der Waals surface area contributed by atoms with Crippen LogP contribution in [0.2, 0.25) is 0 Å².